The Morgan fingerprint density at radius 3 is 2.20 bits per heavy atom. The Labute approximate surface area is 239 Å². The normalized spacial score (nSPS) is 21.5. The lowest BCUT2D eigenvalue weighted by atomic mass is 9.71. The maximum atomic E-state index is 13.1. The fourth-order valence-corrected chi connectivity index (χ4v) is 6.37. The highest BCUT2D eigenvalue weighted by molar-refractivity contribution is 6.06. The number of amides is 2. The van der Waals surface area contributed by atoms with Crippen molar-refractivity contribution in [1.29, 1.82) is 0 Å². The van der Waals surface area contributed by atoms with Gasteiger partial charge in [-0.15, -0.1) is 0 Å². The highest BCUT2D eigenvalue weighted by atomic mass is 16.4. The molecule has 212 valence electrons. The molecule has 8 heteroatoms. The van der Waals surface area contributed by atoms with Crippen LogP contribution in [0.4, 0.5) is 0 Å². The van der Waals surface area contributed by atoms with Crippen LogP contribution in [0.25, 0.3) is 0 Å². The molecule has 2 amide bonds. The van der Waals surface area contributed by atoms with E-state index < -0.39 is 29.3 Å². The maximum Gasteiger partial charge on any atom is 0.336 e. The van der Waals surface area contributed by atoms with Crippen molar-refractivity contribution >= 4 is 23.8 Å². The zero-order valence-electron chi connectivity index (χ0n) is 22.8. The topological polar surface area (TPSA) is 124 Å². The van der Waals surface area contributed by atoms with Crippen LogP contribution in [-0.4, -0.2) is 57.5 Å². The van der Waals surface area contributed by atoms with Gasteiger partial charge in [0, 0.05) is 13.1 Å². The molecule has 0 bridgehead atoms. The molecule has 0 aromatic heterocycles. The van der Waals surface area contributed by atoms with Crippen LogP contribution in [0.5, 0.6) is 0 Å². The van der Waals surface area contributed by atoms with E-state index in [1.165, 1.54) is 11.6 Å². The lowest BCUT2D eigenvalue weighted by Crippen LogP contribution is -2.42. The van der Waals surface area contributed by atoms with Crippen LogP contribution in [0.2, 0.25) is 0 Å². The van der Waals surface area contributed by atoms with Crippen LogP contribution < -0.4 is 5.32 Å². The zero-order chi connectivity index (χ0) is 29.0. The molecule has 3 atom stereocenters. The summed E-state index contributed by atoms with van der Waals surface area (Å²) in [5.74, 6) is -3.26. The Balaban J connectivity index is 1.20. The molecule has 2 fully saturated rings. The highest BCUT2D eigenvalue weighted by Gasteiger charge is 2.69. The Morgan fingerprint density at radius 1 is 0.854 bits per heavy atom. The van der Waals surface area contributed by atoms with Crippen molar-refractivity contribution in [2.75, 3.05) is 13.1 Å². The number of carboxylic acids is 2. The summed E-state index contributed by atoms with van der Waals surface area (Å²) in [6.07, 6.45) is 3.54. The Hall–Kier alpha value is -4.46. The molecule has 8 nitrogen and oxygen atoms in total. The molecule has 3 unspecified atom stereocenters. The number of carboxylic acid groups (broad SMARTS) is 2. The average molecular weight is 555 g/mol. The summed E-state index contributed by atoms with van der Waals surface area (Å²) in [7, 11) is 0. The van der Waals surface area contributed by atoms with Crippen molar-refractivity contribution in [2.45, 2.75) is 44.1 Å². The Morgan fingerprint density at radius 2 is 1.54 bits per heavy atom. The first-order valence-electron chi connectivity index (χ1n) is 14.1. The molecule has 5 rings (SSSR count). The van der Waals surface area contributed by atoms with E-state index in [4.69, 9.17) is 0 Å². The number of nitrogens with one attached hydrogen (secondary N) is 1. The Kier molecular flexibility index (Phi) is 8.19. The fourth-order valence-electron chi connectivity index (χ4n) is 6.37. The van der Waals surface area contributed by atoms with E-state index >= 15 is 0 Å². The van der Waals surface area contributed by atoms with E-state index in [9.17, 15) is 29.4 Å². The summed E-state index contributed by atoms with van der Waals surface area (Å²) in [5.41, 5.74) is 2.09. The lowest BCUT2D eigenvalue weighted by molar-refractivity contribution is -0.145. The molecule has 0 radical (unpaired) electrons. The van der Waals surface area contributed by atoms with Crippen molar-refractivity contribution in [3.05, 3.63) is 107 Å². The van der Waals surface area contributed by atoms with Crippen LogP contribution >= 0.6 is 0 Å². The number of nitrogens with zero attached hydrogens (tertiary/aromatic N) is 1. The predicted molar refractivity (Wildman–Crippen MR) is 153 cm³/mol. The van der Waals surface area contributed by atoms with Gasteiger partial charge in [0.1, 0.15) is 5.54 Å². The number of carbonyl (C=O) groups is 4. The van der Waals surface area contributed by atoms with E-state index in [1.807, 2.05) is 48.5 Å². The smallest absolute Gasteiger partial charge is 0.336 e. The second-order valence-corrected chi connectivity index (χ2v) is 11.1. The molecular weight excluding hydrogens is 520 g/mol. The quantitative estimate of drug-likeness (QED) is 0.238. The van der Waals surface area contributed by atoms with Gasteiger partial charge in [-0.2, -0.15) is 0 Å². The standard InChI is InChI=1S/C33H34N2O6/c36-29(27-20-24(12-14-26(27)30(37)38)18-22-8-3-1-4-9-22)34-16-7-17-35-32(41)33(35)21-25(13-15-28(33)31(39)40)19-23-10-5-2-6-11-23/h1-6,8-12,14,20,25,28H,7,13,15-19,21H2,(H,34,36)(H,37,38)(H,39,40). The summed E-state index contributed by atoms with van der Waals surface area (Å²) in [6.45, 7) is 0.562. The monoisotopic (exact) mass is 554 g/mol. The minimum absolute atomic E-state index is 0.0738. The van der Waals surface area contributed by atoms with Gasteiger partial charge in [0.2, 0.25) is 5.91 Å². The molecule has 3 aromatic carbocycles. The fraction of sp³-hybridized carbons (Fsp3) is 0.333. The van der Waals surface area contributed by atoms with Crippen molar-refractivity contribution in [3.63, 3.8) is 0 Å². The summed E-state index contributed by atoms with van der Waals surface area (Å²) in [6, 6.07) is 24.5. The molecule has 2 aliphatic rings. The molecule has 1 aliphatic heterocycles. The first kappa shape index (κ1) is 28.1. The molecule has 1 saturated carbocycles. The van der Waals surface area contributed by atoms with E-state index in [2.05, 4.69) is 17.4 Å². The van der Waals surface area contributed by atoms with E-state index in [-0.39, 0.29) is 29.5 Å². The van der Waals surface area contributed by atoms with Gasteiger partial charge < -0.3 is 20.4 Å². The summed E-state index contributed by atoms with van der Waals surface area (Å²) < 4.78 is 0. The molecule has 1 spiro atoms. The minimum Gasteiger partial charge on any atom is -0.481 e. The van der Waals surface area contributed by atoms with E-state index in [0.29, 0.717) is 32.2 Å². The molecule has 1 saturated heterocycles. The van der Waals surface area contributed by atoms with Gasteiger partial charge in [0.25, 0.3) is 5.91 Å². The van der Waals surface area contributed by atoms with Crippen LogP contribution in [0.3, 0.4) is 0 Å². The molecular formula is C33H34N2O6. The summed E-state index contributed by atoms with van der Waals surface area (Å²) in [4.78, 5) is 51.6. The Bertz CT molecular complexity index is 1440. The van der Waals surface area contributed by atoms with Gasteiger partial charge >= 0.3 is 11.9 Å². The first-order chi connectivity index (χ1) is 19.8. The van der Waals surface area contributed by atoms with Crippen molar-refractivity contribution in [2.24, 2.45) is 11.8 Å². The molecule has 1 heterocycles. The van der Waals surface area contributed by atoms with Crippen LogP contribution in [0.15, 0.2) is 78.9 Å². The van der Waals surface area contributed by atoms with Crippen LogP contribution in [0.1, 0.15) is 63.1 Å². The number of aromatic carboxylic acids is 1. The van der Waals surface area contributed by atoms with Crippen molar-refractivity contribution < 1.29 is 29.4 Å². The van der Waals surface area contributed by atoms with Gasteiger partial charge in [-0.1, -0.05) is 66.7 Å². The number of hydrogen-bond donors (Lipinski definition) is 3. The third-order valence-corrected chi connectivity index (χ3v) is 8.41. The minimum atomic E-state index is -1.18. The lowest BCUT2D eigenvalue weighted by Gasteiger charge is -2.33. The number of hydrogen-bond acceptors (Lipinski definition) is 4. The van der Waals surface area contributed by atoms with Crippen molar-refractivity contribution in [1.82, 2.24) is 10.2 Å². The summed E-state index contributed by atoms with van der Waals surface area (Å²) in [5, 5.41) is 22.3. The third-order valence-electron chi connectivity index (χ3n) is 8.41. The molecule has 3 aromatic rings. The van der Waals surface area contributed by atoms with E-state index in [0.717, 1.165) is 24.0 Å². The molecule has 41 heavy (non-hydrogen) atoms. The number of carbonyl (C=O) groups excluding carboxylic acids is 2. The van der Waals surface area contributed by atoms with Gasteiger partial charge in [-0.25, -0.2) is 4.79 Å². The van der Waals surface area contributed by atoms with Gasteiger partial charge in [-0.3, -0.25) is 14.4 Å². The second-order valence-electron chi connectivity index (χ2n) is 11.1. The van der Waals surface area contributed by atoms with Crippen LogP contribution in [-0.2, 0) is 22.4 Å². The van der Waals surface area contributed by atoms with Crippen molar-refractivity contribution in [3.8, 4) is 0 Å². The van der Waals surface area contributed by atoms with Gasteiger partial charge in [0.05, 0.1) is 17.0 Å². The highest BCUT2D eigenvalue weighted by Crippen LogP contribution is 2.52. The summed E-state index contributed by atoms with van der Waals surface area (Å²) >= 11 is 0. The first-order valence-corrected chi connectivity index (χ1v) is 14.1. The second kappa shape index (κ2) is 12.0. The average Bonchev–Trinajstić information content (AvgIpc) is 3.51. The van der Waals surface area contributed by atoms with E-state index in [1.54, 1.807) is 17.0 Å². The maximum absolute atomic E-state index is 13.1. The van der Waals surface area contributed by atoms with Gasteiger partial charge in [-0.05, 0) is 73.3 Å². The van der Waals surface area contributed by atoms with Gasteiger partial charge in [0.15, 0.2) is 0 Å². The molecule has 1 aliphatic carbocycles. The zero-order valence-corrected chi connectivity index (χ0v) is 22.8. The predicted octanol–water partition coefficient (Wildman–Crippen LogP) is 4.42. The number of aliphatic carboxylic acids is 1. The largest absolute Gasteiger partial charge is 0.481 e. The molecule has 3 N–H and O–H groups in total. The number of rotatable bonds is 11. The third kappa shape index (κ3) is 6.01. The van der Waals surface area contributed by atoms with Crippen LogP contribution in [0, 0.1) is 11.8 Å². The number of benzene rings is 3. The SMILES string of the molecule is O=C(O)c1ccc(Cc2ccccc2)cc1C(=O)NCCCN1C(=O)C12CC(Cc1ccccc1)CCC2C(=O)O.